The third-order valence-corrected chi connectivity index (χ3v) is 2.40. The summed E-state index contributed by atoms with van der Waals surface area (Å²) in [6, 6.07) is 0. The molecule has 4 heteroatoms. The molecule has 3 unspecified atom stereocenters. The fourth-order valence-electron chi connectivity index (χ4n) is 1.37. The van der Waals surface area contributed by atoms with Crippen LogP contribution in [0.25, 0.3) is 0 Å². The monoisotopic (exact) mass is 188 g/mol. The molecule has 0 spiro atoms. The molecule has 3 atom stereocenters. The summed E-state index contributed by atoms with van der Waals surface area (Å²) in [7, 11) is 0. The highest BCUT2D eigenvalue weighted by Crippen LogP contribution is 2.08. The van der Waals surface area contributed by atoms with Crippen LogP contribution in [0.5, 0.6) is 0 Å². The van der Waals surface area contributed by atoms with Crippen molar-refractivity contribution in [2.75, 3.05) is 0 Å². The van der Waals surface area contributed by atoms with Crippen molar-refractivity contribution in [1.29, 1.82) is 0 Å². The van der Waals surface area contributed by atoms with Gasteiger partial charge in [0.05, 0.1) is 18.5 Å². The van der Waals surface area contributed by atoms with Crippen LogP contribution in [0.1, 0.15) is 40.0 Å². The van der Waals surface area contributed by atoms with Crippen LogP contribution in [-0.2, 0) is 0 Å². The van der Waals surface area contributed by atoms with Gasteiger partial charge in [-0.15, -0.1) is 0 Å². The molecule has 0 aromatic heterocycles. The van der Waals surface area contributed by atoms with Crippen LogP contribution in [0.2, 0.25) is 0 Å². The summed E-state index contributed by atoms with van der Waals surface area (Å²) in [5.74, 6) is 0. The third-order valence-electron chi connectivity index (χ3n) is 2.40. The van der Waals surface area contributed by atoms with Gasteiger partial charge in [-0.1, -0.05) is 20.8 Å². The topological polar surface area (TPSA) is 81.3 Å². The Morgan fingerprint density at radius 1 is 0.769 bits per heavy atom. The van der Waals surface area contributed by atoms with Crippen molar-refractivity contribution < 1.29 is 0 Å². The Morgan fingerprint density at radius 3 is 1.15 bits per heavy atom. The Kier molecular flexibility index (Phi) is 6.24. The van der Waals surface area contributed by atoms with E-state index in [1.165, 1.54) is 0 Å². The van der Waals surface area contributed by atoms with Gasteiger partial charge in [0.15, 0.2) is 0 Å². The van der Waals surface area contributed by atoms with Crippen molar-refractivity contribution >= 4 is 0 Å². The minimum absolute atomic E-state index is 0.0232. The van der Waals surface area contributed by atoms with Gasteiger partial charge < -0.3 is 17.2 Å². The van der Waals surface area contributed by atoms with Crippen molar-refractivity contribution in [1.82, 2.24) is 4.90 Å². The molecule has 0 aliphatic carbocycles. The molecule has 0 fully saturated rings. The van der Waals surface area contributed by atoms with Gasteiger partial charge in [0, 0.05) is 0 Å². The summed E-state index contributed by atoms with van der Waals surface area (Å²) < 4.78 is 0. The van der Waals surface area contributed by atoms with Gasteiger partial charge in [-0.25, -0.2) is 0 Å². The number of nitrogens with zero attached hydrogens (tertiary/aromatic N) is 1. The molecule has 0 rings (SSSR count). The lowest BCUT2D eigenvalue weighted by Gasteiger charge is -2.37. The lowest BCUT2D eigenvalue weighted by molar-refractivity contribution is 0.0772. The predicted octanol–water partition coefficient (Wildman–Crippen LogP) is 0.373. The van der Waals surface area contributed by atoms with Crippen LogP contribution < -0.4 is 17.2 Å². The minimum Gasteiger partial charge on any atom is -0.316 e. The van der Waals surface area contributed by atoms with Crippen LogP contribution in [0, 0.1) is 0 Å². The maximum Gasteiger partial charge on any atom is 0.0597 e. The molecule has 0 bridgehead atoms. The summed E-state index contributed by atoms with van der Waals surface area (Å²) in [6.07, 6.45) is 2.56. The summed E-state index contributed by atoms with van der Waals surface area (Å²) in [6.45, 7) is 6.13. The molecule has 13 heavy (non-hydrogen) atoms. The zero-order valence-electron chi connectivity index (χ0n) is 9.03. The molecule has 4 nitrogen and oxygen atoms in total. The van der Waals surface area contributed by atoms with E-state index in [0.717, 1.165) is 19.3 Å². The van der Waals surface area contributed by atoms with Gasteiger partial charge in [0.2, 0.25) is 0 Å². The molecule has 0 radical (unpaired) electrons. The molecule has 6 N–H and O–H groups in total. The van der Waals surface area contributed by atoms with Crippen molar-refractivity contribution in [3.8, 4) is 0 Å². The highest BCUT2D eigenvalue weighted by atomic mass is 15.3. The average Bonchev–Trinajstić information content (AvgIpc) is 2.16. The average molecular weight is 188 g/mol. The van der Waals surface area contributed by atoms with Crippen LogP contribution in [0.4, 0.5) is 0 Å². The quantitative estimate of drug-likeness (QED) is 0.526. The first-order chi connectivity index (χ1) is 6.08. The largest absolute Gasteiger partial charge is 0.316 e. The molecule has 0 amide bonds. The van der Waals surface area contributed by atoms with Gasteiger partial charge in [0.25, 0.3) is 0 Å². The Balaban J connectivity index is 4.34. The van der Waals surface area contributed by atoms with Gasteiger partial charge in [0.1, 0.15) is 0 Å². The second kappa shape index (κ2) is 6.32. The Bertz CT molecular complexity index is 105. The highest BCUT2D eigenvalue weighted by Gasteiger charge is 2.23. The molecular formula is C9H24N4. The van der Waals surface area contributed by atoms with Crippen molar-refractivity contribution in [2.24, 2.45) is 17.2 Å². The van der Waals surface area contributed by atoms with E-state index in [0.29, 0.717) is 0 Å². The summed E-state index contributed by atoms with van der Waals surface area (Å²) in [5.41, 5.74) is 17.8. The van der Waals surface area contributed by atoms with E-state index in [9.17, 15) is 0 Å². The Hall–Kier alpha value is -0.160. The lowest BCUT2D eigenvalue weighted by atomic mass is 10.2. The molecule has 80 valence electrons. The maximum absolute atomic E-state index is 5.94. The molecular weight excluding hydrogens is 164 g/mol. The van der Waals surface area contributed by atoms with Crippen molar-refractivity contribution in [3.05, 3.63) is 0 Å². The normalized spacial score (nSPS) is 18.7. The SMILES string of the molecule is CCC(N)N(C(N)CC)C(N)CC. The molecule has 0 heterocycles. The van der Waals surface area contributed by atoms with Crippen molar-refractivity contribution in [2.45, 2.75) is 58.5 Å². The predicted molar refractivity (Wildman–Crippen MR) is 56.6 cm³/mol. The first-order valence-corrected chi connectivity index (χ1v) is 5.12. The second-order valence-electron chi connectivity index (χ2n) is 3.37. The van der Waals surface area contributed by atoms with Gasteiger partial charge in [-0.3, -0.25) is 4.90 Å². The molecule has 0 aliphatic heterocycles. The third kappa shape index (κ3) is 3.60. The van der Waals surface area contributed by atoms with Crippen molar-refractivity contribution in [3.63, 3.8) is 0 Å². The summed E-state index contributed by atoms with van der Waals surface area (Å²) in [4.78, 5) is 2.00. The first kappa shape index (κ1) is 12.8. The maximum atomic E-state index is 5.94. The molecule has 0 aromatic rings. The fourth-order valence-corrected chi connectivity index (χ4v) is 1.37. The van der Waals surface area contributed by atoms with Gasteiger partial charge >= 0.3 is 0 Å². The molecule has 0 saturated heterocycles. The van der Waals surface area contributed by atoms with E-state index in [2.05, 4.69) is 0 Å². The van der Waals surface area contributed by atoms with E-state index in [1.54, 1.807) is 0 Å². The minimum atomic E-state index is -0.0232. The smallest absolute Gasteiger partial charge is 0.0597 e. The van der Waals surface area contributed by atoms with Crippen LogP contribution >= 0.6 is 0 Å². The summed E-state index contributed by atoms with van der Waals surface area (Å²) in [5, 5.41) is 0. The van der Waals surface area contributed by atoms with E-state index < -0.39 is 0 Å². The van der Waals surface area contributed by atoms with E-state index in [1.807, 2.05) is 25.7 Å². The first-order valence-electron chi connectivity index (χ1n) is 5.12. The number of hydrogen-bond acceptors (Lipinski definition) is 4. The Labute approximate surface area is 81.4 Å². The van der Waals surface area contributed by atoms with E-state index in [4.69, 9.17) is 17.2 Å². The fraction of sp³-hybridized carbons (Fsp3) is 1.00. The number of nitrogens with two attached hydrogens (primary N) is 3. The molecule has 0 aromatic carbocycles. The number of hydrogen-bond donors (Lipinski definition) is 3. The lowest BCUT2D eigenvalue weighted by Crippen LogP contribution is -2.59. The van der Waals surface area contributed by atoms with Crippen LogP contribution in [0.3, 0.4) is 0 Å². The Morgan fingerprint density at radius 2 is 1.00 bits per heavy atom. The van der Waals surface area contributed by atoms with E-state index >= 15 is 0 Å². The zero-order chi connectivity index (χ0) is 10.4. The van der Waals surface area contributed by atoms with Gasteiger partial charge in [-0.05, 0) is 19.3 Å². The summed E-state index contributed by atoms with van der Waals surface area (Å²) >= 11 is 0. The van der Waals surface area contributed by atoms with E-state index in [-0.39, 0.29) is 18.5 Å². The molecule has 0 aliphatic rings. The highest BCUT2D eigenvalue weighted by molar-refractivity contribution is 4.74. The zero-order valence-corrected chi connectivity index (χ0v) is 9.03. The van der Waals surface area contributed by atoms with Crippen LogP contribution in [-0.4, -0.2) is 23.4 Å². The standard InChI is InChI=1S/C9H24N4/c1-4-7(10)13(8(11)5-2)9(12)6-3/h7-9H,4-6,10-12H2,1-3H3. The number of rotatable bonds is 6. The second-order valence-corrected chi connectivity index (χ2v) is 3.37. The van der Waals surface area contributed by atoms with Gasteiger partial charge in [-0.2, -0.15) is 0 Å². The molecule has 0 saturated carbocycles. The van der Waals surface area contributed by atoms with Crippen LogP contribution in [0.15, 0.2) is 0 Å².